The molecule has 0 aliphatic rings. The SMILES string of the molecule is CC(F)[C@@H](OC(OC[P+](=O)O)OP(=O)(O)OC(C)[C@@H](OC(O)O)n1cnc2c(=O)[nH]c(N)nc21)n1cnc2c(N)ncnc21. The minimum atomic E-state index is -5.37. The summed E-state index contributed by atoms with van der Waals surface area (Å²) in [7, 11) is -8.37. The first-order valence-electron chi connectivity index (χ1n) is 12.1. The third kappa shape index (κ3) is 7.72. The zero-order valence-electron chi connectivity index (χ0n) is 22.5. The number of nitrogens with one attached hydrogen (secondary N) is 1. The highest BCUT2D eigenvalue weighted by molar-refractivity contribution is 7.47. The van der Waals surface area contributed by atoms with Gasteiger partial charge in [0.25, 0.3) is 24.9 Å². The van der Waals surface area contributed by atoms with Gasteiger partial charge in [0.2, 0.25) is 5.95 Å². The van der Waals surface area contributed by atoms with E-state index in [1.807, 2.05) is 0 Å². The second-order valence-electron chi connectivity index (χ2n) is 8.74. The number of halogens is 1. The fourth-order valence-electron chi connectivity index (χ4n) is 3.84. The average molecular weight is 667 g/mol. The number of phosphoric ester groups is 1. The predicted octanol–water partition coefficient (Wildman–Crippen LogP) is -0.705. The molecule has 0 saturated carbocycles. The molecule has 0 radical (unpaired) electrons. The monoisotopic (exact) mass is 667 g/mol. The molecule has 25 heteroatoms. The number of aromatic nitrogens is 8. The molecule has 44 heavy (non-hydrogen) atoms. The van der Waals surface area contributed by atoms with Crippen molar-refractivity contribution in [3.05, 3.63) is 29.3 Å². The zero-order valence-corrected chi connectivity index (χ0v) is 24.3. The molecule has 0 aromatic carbocycles. The van der Waals surface area contributed by atoms with Gasteiger partial charge in [0.1, 0.15) is 24.1 Å². The van der Waals surface area contributed by atoms with Gasteiger partial charge in [0, 0.05) is 0 Å². The van der Waals surface area contributed by atoms with Crippen LogP contribution >= 0.6 is 15.9 Å². The Balaban J connectivity index is 1.60. The van der Waals surface area contributed by atoms with Gasteiger partial charge in [-0.15, -0.1) is 0 Å². The smallest absolute Gasteiger partial charge is 0.382 e. The van der Waals surface area contributed by atoms with Crippen LogP contribution in [0, 0.1) is 0 Å². The van der Waals surface area contributed by atoms with Gasteiger partial charge in [-0.3, -0.25) is 28.2 Å². The van der Waals surface area contributed by atoms with Crippen LogP contribution in [0.3, 0.4) is 0 Å². The van der Waals surface area contributed by atoms with E-state index in [-0.39, 0.29) is 34.1 Å². The normalized spacial score (nSPS) is 17.4. The second-order valence-corrected chi connectivity index (χ2v) is 11.1. The fourth-order valence-corrected chi connectivity index (χ4v) is 4.99. The number of anilines is 2. The standard InChI is InChI=1S/C19H25FN10O12P2/c1-7(20)15(29-4-25-9-11(21)23-3-24-12(9)29)40-19(38-6-43(34)35)42-44(36,37)41-8(2)16(39-18(32)33)30-5-26-10-13(30)27-17(22)28-14(10)31/h3-5,7-8,15-16,18-19,32-33H,6H2,1-2H3,(H6-,21,22,23,24,27,28,31,34,35,36,37)/p+1/t7?,8?,15-,16-,19?/m1/s1. The van der Waals surface area contributed by atoms with Crippen molar-refractivity contribution in [3.8, 4) is 0 Å². The van der Waals surface area contributed by atoms with Crippen molar-refractivity contribution in [2.24, 2.45) is 0 Å². The number of phosphoric acid groups is 1. The number of alkyl halides is 1. The highest BCUT2D eigenvalue weighted by atomic mass is 31.2. The number of fused-ring (bicyclic) bond motifs is 2. The fraction of sp³-hybridized carbons (Fsp3) is 0.474. The van der Waals surface area contributed by atoms with Crippen LogP contribution in [-0.2, 0) is 32.4 Å². The molecule has 0 aliphatic heterocycles. The second kappa shape index (κ2) is 13.6. The van der Waals surface area contributed by atoms with Gasteiger partial charge in [-0.1, -0.05) is 0 Å². The minimum absolute atomic E-state index is 0.000712. The number of aliphatic hydroxyl groups excluding tert-OH is 1. The highest BCUT2D eigenvalue weighted by Crippen LogP contribution is 2.48. The van der Waals surface area contributed by atoms with Gasteiger partial charge in [-0.2, -0.15) is 9.88 Å². The summed E-state index contributed by atoms with van der Waals surface area (Å²) in [5.41, 5.74) is 10.2. The van der Waals surface area contributed by atoms with E-state index in [1.165, 1.54) is 0 Å². The van der Waals surface area contributed by atoms with Crippen LogP contribution in [-0.4, -0.2) is 90.6 Å². The summed E-state index contributed by atoms with van der Waals surface area (Å²) >= 11 is 0. The number of aliphatic hydroxyl groups is 2. The molecule has 0 fully saturated rings. The summed E-state index contributed by atoms with van der Waals surface area (Å²) in [6.45, 7) is -2.64. The lowest BCUT2D eigenvalue weighted by Gasteiger charge is -2.29. The first-order valence-corrected chi connectivity index (χ1v) is 15.0. The number of nitrogen functional groups attached to an aromatic ring is 2. The Morgan fingerprint density at radius 1 is 1.05 bits per heavy atom. The van der Waals surface area contributed by atoms with Crippen LogP contribution in [0.25, 0.3) is 22.3 Å². The molecule has 0 amide bonds. The third-order valence-corrected chi connectivity index (χ3v) is 6.94. The van der Waals surface area contributed by atoms with E-state index in [1.54, 1.807) is 0 Å². The predicted molar refractivity (Wildman–Crippen MR) is 142 cm³/mol. The van der Waals surface area contributed by atoms with E-state index >= 15 is 0 Å². The zero-order chi connectivity index (χ0) is 32.3. The number of imidazole rings is 2. The summed E-state index contributed by atoms with van der Waals surface area (Å²) in [6, 6.07) is 0. The summed E-state index contributed by atoms with van der Waals surface area (Å²) in [6.07, 6.45) is -4.84. The molecule has 5 unspecified atom stereocenters. The van der Waals surface area contributed by atoms with Crippen LogP contribution in [0.5, 0.6) is 0 Å². The Kier molecular flexibility index (Phi) is 10.3. The van der Waals surface area contributed by atoms with Crippen molar-refractivity contribution in [1.29, 1.82) is 0 Å². The maximum Gasteiger partial charge on any atom is 0.534 e. The van der Waals surface area contributed by atoms with E-state index < -0.39 is 65.4 Å². The van der Waals surface area contributed by atoms with Gasteiger partial charge in [0.15, 0.2) is 35.1 Å². The maximum atomic E-state index is 14.8. The Hall–Kier alpha value is -3.60. The van der Waals surface area contributed by atoms with Gasteiger partial charge < -0.3 is 36.0 Å². The lowest BCUT2D eigenvalue weighted by Crippen LogP contribution is -2.32. The summed E-state index contributed by atoms with van der Waals surface area (Å²) in [5, 5.41) is 18.9. The van der Waals surface area contributed by atoms with E-state index in [4.69, 9.17) is 34.7 Å². The Morgan fingerprint density at radius 2 is 1.70 bits per heavy atom. The summed E-state index contributed by atoms with van der Waals surface area (Å²) < 4.78 is 66.5. The highest BCUT2D eigenvalue weighted by Gasteiger charge is 2.38. The maximum absolute atomic E-state index is 14.8. The summed E-state index contributed by atoms with van der Waals surface area (Å²) in [5.74, 6) is -0.381. The van der Waals surface area contributed by atoms with E-state index in [9.17, 15) is 38.3 Å². The molecule has 0 aliphatic carbocycles. The van der Waals surface area contributed by atoms with Gasteiger partial charge in [-0.25, -0.2) is 33.4 Å². The van der Waals surface area contributed by atoms with E-state index in [0.717, 1.165) is 42.0 Å². The Morgan fingerprint density at radius 3 is 2.34 bits per heavy atom. The van der Waals surface area contributed by atoms with Crippen LogP contribution < -0.4 is 17.0 Å². The molecule has 240 valence electrons. The number of rotatable bonds is 15. The molecule has 7 atom stereocenters. The molecular weight excluding hydrogens is 641 g/mol. The van der Waals surface area contributed by atoms with E-state index in [2.05, 4.69) is 29.9 Å². The first-order chi connectivity index (χ1) is 20.7. The van der Waals surface area contributed by atoms with Crippen LogP contribution in [0.2, 0.25) is 0 Å². The molecule has 0 spiro atoms. The molecule has 4 rings (SSSR count). The molecule has 22 nitrogen and oxygen atoms in total. The Bertz CT molecular complexity index is 1730. The van der Waals surface area contributed by atoms with Crippen LogP contribution in [0.4, 0.5) is 16.2 Å². The molecule has 9 N–H and O–H groups in total. The molecule has 4 aromatic rings. The lowest BCUT2D eigenvalue weighted by molar-refractivity contribution is -0.295. The third-order valence-electron chi connectivity index (χ3n) is 5.53. The Labute approximate surface area is 244 Å². The van der Waals surface area contributed by atoms with Crippen molar-refractivity contribution in [2.45, 2.75) is 51.5 Å². The van der Waals surface area contributed by atoms with Crippen LogP contribution in [0.15, 0.2) is 23.8 Å². The number of ether oxygens (including phenoxy) is 3. The molecule has 4 heterocycles. The van der Waals surface area contributed by atoms with Crippen molar-refractivity contribution >= 4 is 49.9 Å². The number of aromatic amines is 1. The number of hydrogen-bond donors (Lipinski definition) is 7. The molecule has 0 bridgehead atoms. The summed E-state index contributed by atoms with van der Waals surface area (Å²) in [4.78, 5) is 53.6. The molecule has 0 saturated heterocycles. The lowest BCUT2D eigenvalue weighted by atomic mass is 10.3. The number of nitrogens with two attached hydrogens (primary N) is 2. The van der Waals surface area contributed by atoms with Gasteiger partial charge >= 0.3 is 15.9 Å². The quantitative estimate of drug-likeness (QED) is 0.0608. The van der Waals surface area contributed by atoms with E-state index in [0.29, 0.717) is 0 Å². The first kappa shape index (κ1) is 33.3. The van der Waals surface area contributed by atoms with Crippen LogP contribution in [0.1, 0.15) is 26.3 Å². The average Bonchev–Trinajstić information content (AvgIpc) is 3.53. The van der Waals surface area contributed by atoms with Crippen molar-refractivity contribution in [3.63, 3.8) is 0 Å². The van der Waals surface area contributed by atoms with Crippen molar-refractivity contribution in [2.75, 3.05) is 17.8 Å². The van der Waals surface area contributed by atoms with Gasteiger partial charge in [-0.05, 0) is 18.4 Å². The number of hydrogen-bond acceptors (Lipinski definition) is 17. The topological polar surface area (TPSA) is 320 Å². The number of H-pyrrole nitrogens is 1. The van der Waals surface area contributed by atoms with Crippen molar-refractivity contribution < 1.29 is 56.8 Å². The number of nitrogens with zero attached hydrogens (tertiary/aromatic N) is 7. The molecule has 4 aromatic heterocycles. The largest absolute Gasteiger partial charge is 0.534 e. The molecular formula is C19H26FN10O12P2+. The minimum Gasteiger partial charge on any atom is -0.382 e. The van der Waals surface area contributed by atoms with Crippen molar-refractivity contribution in [1.82, 2.24) is 39.0 Å². The van der Waals surface area contributed by atoms with Gasteiger partial charge in [0.05, 0.1) is 12.7 Å².